The summed E-state index contributed by atoms with van der Waals surface area (Å²) in [6, 6.07) is 6.31. The van der Waals surface area contributed by atoms with Crippen molar-refractivity contribution in [1.29, 1.82) is 0 Å². The monoisotopic (exact) mass is 293 g/mol. The zero-order chi connectivity index (χ0) is 15.4. The van der Waals surface area contributed by atoms with Crippen LogP contribution in [0.2, 0.25) is 0 Å². The maximum absolute atomic E-state index is 12.0. The molecule has 5 N–H and O–H groups in total. The Balaban J connectivity index is 1.89. The van der Waals surface area contributed by atoms with Crippen molar-refractivity contribution in [1.82, 2.24) is 16.2 Å². The molecule has 7 nitrogen and oxygen atoms in total. The molecule has 0 aliphatic carbocycles. The first-order chi connectivity index (χ1) is 9.99. The standard InChI is InChI=1S/C14H19N3O4/c1-8(14(20)21)7-15-13(19)11-6-10(16-17-11)9-4-2-3-5-12(9)18/h2-5,8,10-11,16-18H,6-7H2,1H3,(H,15,19)(H,20,21). The van der Waals surface area contributed by atoms with Crippen molar-refractivity contribution < 1.29 is 19.8 Å². The lowest BCUT2D eigenvalue weighted by Crippen LogP contribution is -2.44. The predicted molar refractivity (Wildman–Crippen MR) is 75.3 cm³/mol. The number of carbonyl (C=O) groups excluding carboxylic acids is 1. The number of hydrogen-bond donors (Lipinski definition) is 5. The molecule has 1 aromatic carbocycles. The van der Waals surface area contributed by atoms with Gasteiger partial charge in [0.05, 0.1) is 12.0 Å². The normalized spacial score (nSPS) is 22.7. The molecule has 2 rings (SSSR count). The number of benzene rings is 1. The third-order valence-corrected chi connectivity index (χ3v) is 3.54. The van der Waals surface area contributed by atoms with Gasteiger partial charge < -0.3 is 15.5 Å². The lowest BCUT2D eigenvalue weighted by Gasteiger charge is -2.12. The number of carboxylic acids is 1. The van der Waals surface area contributed by atoms with Crippen LogP contribution >= 0.6 is 0 Å². The summed E-state index contributed by atoms with van der Waals surface area (Å²) in [4.78, 5) is 22.7. The number of carbonyl (C=O) groups is 2. The molecule has 1 aromatic rings. The SMILES string of the molecule is CC(CNC(=O)C1CC(c2ccccc2O)NN1)C(=O)O. The Kier molecular flexibility index (Phi) is 4.77. The van der Waals surface area contributed by atoms with Crippen LogP contribution in [-0.2, 0) is 9.59 Å². The lowest BCUT2D eigenvalue weighted by molar-refractivity contribution is -0.141. The molecule has 0 spiro atoms. The van der Waals surface area contributed by atoms with Gasteiger partial charge in [0.1, 0.15) is 11.8 Å². The molecule has 1 fully saturated rings. The van der Waals surface area contributed by atoms with Crippen molar-refractivity contribution in [2.45, 2.75) is 25.4 Å². The van der Waals surface area contributed by atoms with Crippen LogP contribution in [0.3, 0.4) is 0 Å². The van der Waals surface area contributed by atoms with Crippen LogP contribution in [0.25, 0.3) is 0 Å². The predicted octanol–water partition coefficient (Wildman–Crippen LogP) is 0.137. The first kappa shape index (κ1) is 15.3. The minimum Gasteiger partial charge on any atom is -0.508 e. The van der Waals surface area contributed by atoms with E-state index in [1.165, 1.54) is 6.92 Å². The fraction of sp³-hybridized carbons (Fsp3) is 0.429. The highest BCUT2D eigenvalue weighted by atomic mass is 16.4. The highest BCUT2D eigenvalue weighted by Gasteiger charge is 2.31. The lowest BCUT2D eigenvalue weighted by atomic mass is 10.0. The highest BCUT2D eigenvalue weighted by Crippen LogP contribution is 2.28. The van der Waals surface area contributed by atoms with Crippen LogP contribution in [0.5, 0.6) is 5.75 Å². The van der Waals surface area contributed by atoms with Crippen LogP contribution < -0.4 is 16.2 Å². The molecule has 0 aromatic heterocycles. The van der Waals surface area contributed by atoms with Gasteiger partial charge in [-0.3, -0.25) is 9.59 Å². The van der Waals surface area contributed by atoms with Gasteiger partial charge >= 0.3 is 5.97 Å². The highest BCUT2D eigenvalue weighted by molar-refractivity contribution is 5.82. The molecule has 3 unspecified atom stereocenters. The molecule has 1 saturated heterocycles. The van der Waals surface area contributed by atoms with Crippen molar-refractivity contribution in [3.8, 4) is 5.75 Å². The van der Waals surface area contributed by atoms with E-state index < -0.39 is 17.9 Å². The summed E-state index contributed by atoms with van der Waals surface area (Å²) in [5.74, 6) is -1.65. The molecule has 7 heteroatoms. The fourth-order valence-corrected chi connectivity index (χ4v) is 2.18. The summed E-state index contributed by atoms with van der Waals surface area (Å²) in [6.07, 6.45) is 0.477. The van der Waals surface area contributed by atoms with Crippen molar-refractivity contribution in [3.63, 3.8) is 0 Å². The molecule has 1 aliphatic heterocycles. The second-order valence-corrected chi connectivity index (χ2v) is 5.17. The fourth-order valence-electron chi connectivity index (χ4n) is 2.18. The maximum Gasteiger partial charge on any atom is 0.308 e. The molecule has 1 aliphatic rings. The number of hydrogen-bond acceptors (Lipinski definition) is 5. The average Bonchev–Trinajstić information content (AvgIpc) is 2.94. The summed E-state index contributed by atoms with van der Waals surface area (Å²) in [5.41, 5.74) is 6.55. The topological polar surface area (TPSA) is 111 Å². The van der Waals surface area contributed by atoms with E-state index in [-0.39, 0.29) is 24.2 Å². The summed E-state index contributed by atoms with van der Waals surface area (Å²) in [6.45, 7) is 1.63. The minimum absolute atomic E-state index is 0.0909. The van der Waals surface area contributed by atoms with Gasteiger partial charge in [-0.15, -0.1) is 0 Å². The number of hydrazine groups is 1. The van der Waals surface area contributed by atoms with E-state index in [9.17, 15) is 14.7 Å². The number of aromatic hydroxyl groups is 1. The molecule has 21 heavy (non-hydrogen) atoms. The van der Waals surface area contributed by atoms with E-state index in [4.69, 9.17) is 5.11 Å². The first-order valence-electron chi connectivity index (χ1n) is 6.78. The van der Waals surface area contributed by atoms with E-state index in [0.717, 1.165) is 5.56 Å². The smallest absolute Gasteiger partial charge is 0.308 e. The zero-order valence-electron chi connectivity index (χ0n) is 11.7. The van der Waals surface area contributed by atoms with Gasteiger partial charge in [-0.1, -0.05) is 25.1 Å². The second-order valence-electron chi connectivity index (χ2n) is 5.17. The van der Waals surface area contributed by atoms with Gasteiger partial charge in [-0.05, 0) is 12.5 Å². The van der Waals surface area contributed by atoms with Crippen molar-refractivity contribution >= 4 is 11.9 Å². The van der Waals surface area contributed by atoms with Crippen molar-refractivity contribution in [2.24, 2.45) is 5.92 Å². The average molecular weight is 293 g/mol. The quantitative estimate of drug-likeness (QED) is 0.528. The zero-order valence-corrected chi connectivity index (χ0v) is 11.7. The van der Waals surface area contributed by atoms with Gasteiger partial charge in [0, 0.05) is 12.1 Å². The largest absolute Gasteiger partial charge is 0.508 e. The number of phenolic OH excluding ortho intramolecular Hbond substituents is 1. The second kappa shape index (κ2) is 6.55. The molecule has 0 radical (unpaired) electrons. The van der Waals surface area contributed by atoms with Gasteiger partial charge in [-0.2, -0.15) is 0 Å². The van der Waals surface area contributed by atoms with Crippen LogP contribution in [-0.4, -0.2) is 34.7 Å². The van der Waals surface area contributed by atoms with Gasteiger partial charge in [-0.25, -0.2) is 10.9 Å². The Labute approximate surface area is 122 Å². The molecular weight excluding hydrogens is 274 g/mol. The Morgan fingerprint density at radius 1 is 1.38 bits per heavy atom. The minimum atomic E-state index is -0.945. The van der Waals surface area contributed by atoms with E-state index in [2.05, 4.69) is 16.2 Å². The van der Waals surface area contributed by atoms with E-state index >= 15 is 0 Å². The number of carboxylic acid groups (broad SMARTS) is 1. The van der Waals surface area contributed by atoms with Crippen molar-refractivity contribution in [2.75, 3.05) is 6.54 Å². The number of rotatable bonds is 5. The number of amides is 1. The molecule has 114 valence electrons. The Morgan fingerprint density at radius 3 is 2.76 bits per heavy atom. The Hall–Kier alpha value is -2.12. The number of phenols is 1. The van der Waals surface area contributed by atoms with Gasteiger partial charge in [0.25, 0.3) is 0 Å². The molecule has 0 saturated carbocycles. The van der Waals surface area contributed by atoms with Gasteiger partial charge in [0.15, 0.2) is 0 Å². The van der Waals surface area contributed by atoms with Crippen molar-refractivity contribution in [3.05, 3.63) is 29.8 Å². The van der Waals surface area contributed by atoms with E-state index in [1.807, 2.05) is 6.07 Å². The number of aliphatic carboxylic acids is 1. The third kappa shape index (κ3) is 3.71. The molecule has 1 amide bonds. The Bertz CT molecular complexity index is 535. The first-order valence-corrected chi connectivity index (χ1v) is 6.78. The summed E-state index contributed by atoms with van der Waals surface area (Å²) in [5, 5.41) is 21.2. The van der Waals surface area contributed by atoms with Crippen LogP contribution in [0.15, 0.2) is 24.3 Å². The molecule has 3 atom stereocenters. The molecule has 0 bridgehead atoms. The van der Waals surface area contributed by atoms with Gasteiger partial charge in [0.2, 0.25) is 5.91 Å². The number of para-hydroxylation sites is 1. The van der Waals surface area contributed by atoms with E-state index in [0.29, 0.717) is 6.42 Å². The Morgan fingerprint density at radius 2 is 2.10 bits per heavy atom. The number of nitrogens with one attached hydrogen (secondary N) is 3. The van der Waals surface area contributed by atoms with Crippen LogP contribution in [0.1, 0.15) is 24.9 Å². The van der Waals surface area contributed by atoms with E-state index in [1.54, 1.807) is 18.2 Å². The molecular formula is C14H19N3O4. The maximum atomic E-state index is 12.0. The third-order valence-electron chi connectivity index (χ3n) is 3.54. The summed E-state index contributed by atoms with van der Waals surface area (Å²) < 4.78 is 0. The van der Waals surface area contributed by atoms with Crippen LogP contribution in [0, 0.1) is 5.92 Å². The van der Waals surface area contributed by atoms with Crippen LogP contribution in [0.4, 0.5) is 0 Å². The summed E-state index contributed by atoms with van der Waals surface area (Å²) in [7, 11) is 0. The summed E-state index contributed by atoms with van der Waals surface area (Å²) >= 11 is 0. The molecule has 1 heterocycles.